The van der Waals surface area contributed by atoms with E-state index in [1.807, 2.05) is 0 Å². The van der Waals surface area contributed by atoms with Crippen LogP contribution >= 0.6 is 11.6 Å². The van der Waals surface area contributed by atoms with Gasteiger partial charge in [0, 0.05) is 16.8 Å². The molecule has 0 spiro atoms. The van der Waals surface area contributed by atoms with Crippen molar-refractivity contribution in [2.45, 2.75) is 0 Å². The molecule has 20 heavy (non-hydrogen) atoms. The Bertz CT molecular complexity index is 634. The van der Waals surface area contributed by atoms with E-state index in [4.69, 9.17) is 16.3 Å². The fourth-order valence-electron chi connectivity index (χ4n) is 1.48. The number of nitrogens with one attached hydrogen (secondary N) is 1. The van der Waals surface area contributed by atoms with E-state index in [1.54, 1.807) is 24.3 Å². The van der Waals surface area contributed by atoms with Crippen molar-refractivity contribution in [1.82, 2.24) is 0 Å². The van der Waals surface area contributed by atoms with Crippen molar-refractivity contribution in [3.8, 4) is 5.75 Å². The Morgan fingerprint density at radius 2 is 1.95 bits per heavy atom. The molecule has 1 amide bonds. The van der Waals surface area contributed by atoms with Gasteiger partial charge in [-0.3, -0.25) is 4.79 Å². The molecule has 1 N–H and O–H groups in total. The molecular weight excluding hydrogens is 288 g/mol. The highest BCUT2D eigenvalue weighted by Gasteiger charge is 2.07. The average molecular weight is 298 g/mol. The summed E-state index contributed by atoms with van der Waals surface area (Å²) in [5.41, 5.74) is 0.156. The smallest absolute Gasteiger partial charge is 0.262 e. The number of carbonyl (C=O) groups is 1. The largest absolute Gasteiger partial charge is 0.484 e. The molecule has 0 fully saturated rings. The summed E-state index contributed by atoms with van der Waals surface area (Å²) < 4.78 is 30.9. The zero-order valence-corrected chi connectivity index (χ0v) is 11.0. The Labute approximate surface area is 119 Å². The number of hydrogen-bond acceptors (Lipinski definition) is 2. The van der Waals surface area contributed by atoms with Crippen molar-refractivity contribution in [2.24, 2.45) is 0 Å². The second-order valence-electron chi connectivity index (χ2n) is 3.92. The summed E-state index contributed by atoms with van der Waals surface area (Å²) >= 11 is 5.76. The first-order valence-corrected chi connectivity index (χ1v) is 6.05. The summed E-state index contributed by atoms with van der Waals surface area (Å²) in [6.45, 7) is -0.265. The molecule has 104 valence electrons. The van der Waals surface area contributed by atoms with Crippen molar-refractivity contribution < 1.29 is 18.3 Å². The molecule has 0 radical (unpaired) electrons. The van der Waals surface area contributed by atoms with E-state index in [0.29, 0.717) is 10.8 Å². The molecule has 2 rings (SSSR count). The van der Waals surface area contributed by atoms with Gasteiger partial charge < -0.3 is 10.1 Å². The van der Waals surface area contributed by atoms with Gasteiger partial charge in [0.15, 0.2) is 18.2 Å². The number of rotatable bonds is 4. The second-order valence-corrected chi connectivity index (χ2v) is 4.36. The number of hydrogen-bond donors (Lipinski definition) is 1. The standard InChI is InChI=1S/C14H10ClF2NO2/c15-9-2-1-3-11(6-9)20-8-14(19)18-10-4-5-12(16)13(17)7-10/h1-7H,8H2,(H,18,19). The third kappa shape index (κ3) is 3.93. The maximum Gasteiger partial charge on any atom is 0.262 e. The number of ether oxygens (including phenoxy) is 1. The van der Waals surface area contributed by atoms with Crippen LogP contribution in [0.25, 0.3) is 0 Å². The van der Waals surface area contributed by atoms with Crippen LogP contribution in [0.1, 0.15) is 0 Å². The minimum Gasteiger partial charge on any atom is -0.484 e. The van der Waals surface area contributed by atoms with Crippen molar-refractivity contribution in [2.75, 3.05) is 11.9 Å². The summed E-state index contributed by atoms with van der Waals surface area (Å²) in [6, 6.07) is 9.66. The molecule has 0 aliphatic rings. The molecule has 0 heterocycles. The van der Waals surface area contributed by atoms with Gasteiger partial charge in [0.25, 0.3) is 5.91 Å². The van der Waals surface area contributed by atoms with Gasteiger partial charge in [-0.05, 0) is 30.3 Å². The molecule has 0 unspecified atom stereocenters. The molecule has 0 aliphatic carbocycles. The first-order chi connectivity index (χ1) is 9.54. The van der Waals surface area contributed by atoms with E-state index >= 15 is 0 Å². The number of halogens is 3. The lowest BCUT2D eigenvalue weighted by Crippen LogP contribution is -2.20. The Kier molecular flexibility index (Phi) is 4.53. The number of amides is 1. The zero-order valence-electron chi connectivity index (χ0n) is 10.2. The van der Waals surface area contributed by atoms with E-state index in [9.17, 15) is 13.6 Å². The lowest BCUT2D eigenvalue weighted by atomic mass is 10.3. The predicted octanol–water partition coefficient (Wildman–Crippen LogP) is 3.64. The molecule has 0 aliphatic heterocycles. The van der Waals surface area contributed by atoms with E-state index in [-0.39, 0.29) is 12.3 Å². The average Bonchev–Trinajstić information content (AvgIpc) is 2.41. The van der Waals surface area contributed by atoms with Crippen LogP contribution in [-0.4, -0.2) is 12.5 Å². The van der Waals surface area contributed by atoms with Crippen LogP contribution in [0.15, 0.2) is 42.5 Å². The van der Waals surface area contributed by atoms with Gasteiger partial charge in [-0.15, -0.1) is 0 Å². The molecule has 0 saturated heterocycles. The van der Waals surface area contributed by atoms with Gasteiger partial charge in [-0.2, -0.15) is 0 Å². The highest BCUT2D eigenvalue weighted by molar-refractivity contribution is 6.30. The monoisotopic (exact) mass is 297 g/mol. The zero-order chi connectivity index (χ0) is 14.5. The minimum atomic E-state index is -1.03. The molecule has 2 aromatic carbocycles. The molecule has 0 bridgehead atoms. The topological polar surface area (TPSA) is 38.3 Å². The van der Waals surface area contributed by atoms with Crippen LogP contribution in [0, 0.1) is 11.6 Å². The van der Waals surface area contributed by atoms with E-state index in [1.165, 1.54) is 6.07 Å². The second kappa shape index (κ2) is 6.34. The summed E-state index contributed by atoms with van der Waals surface area (Å²) in [5.74, 6) is -2.05. The molecule has 0 atom stereocenters. The van der Waals surface area contributed by atoms with E-state index < -0.39 is 17.5 Å². The third-order valence-corrected chi connectivity index (χ3v) is 2.60. The molecule has 2 aromatic rings. The number of anilines is 1. The van der Waals surface area contributed by atoms with Crippen molar-refractivity contribution in [3.05, 3.63) is 59.1 Å². The molecule has 0 saturated carbocycles. The highest BCUT2D eigenvalue weighted by Crippen LogP contribution is 2.17. The van der Waals surface area contributed by atoms with Gasteiger partial charge in [0.05, 0.1) is 0 Å². The highest BCUT2D eigenvalue weighted by atomic mass is 35.5. The first-order valence-electron chi connectivity index (χ1n) is 5.68. The quantitative estimate of drug-likeness (QED) is 0.936. The Balaban J connectivity index is 1.91. The van der Waals surface area contributed by atoms with Gasteiger partial charge in [0.1, 0.15) is 5.75 Å². The first kappa shape index (κ1) is 14.3. The van der Waals surface area contributed by atoms with Crippen LogP contribution in [-0.2, 0) is 4.79 Å². The Hall–Kier alpha value is -2.14. The number of benzene rings is 2. The molecule has 0 aromatic heterocycles. The van der Waals surface area contributed by atoms with Gasteiger partial charge in [-0.1, -0.05) is 17.7 Å². The number of carbonyl (C=O) groups excluding carboxylic acids is 1. The Morgan fingerprint density at radius 3 is 2.65 bits per heavy atom. The van der Waals surface area contributed by atoms with Crippen LogP contribution in [0.5, 0.6) is 5.75 Å². The fraction of sp³-hybridized carbons (Fsp3) is 0.0714. The van der Waals surface area contributed by atoms with Gasteiger partial charge >= 0.3 is 0 Å². The lowest BCUT2D eigenvalue weighted by Gasteiger charge is -2.08. The van der Waals surface area contributed by atoms with E-state index in [0.717, 1.165) is 12.1 Å². The van der Waals surface area contributed by atoms with Crippen LogP contribution in [0.2, 0.25) is 5.02 Å². The summed E-state index contributed by atoms with van der Waals surface area (Å²) in [5, 5.41) is 2.88. The third-order valence-electron chi connectivity index (χ3n) is 2.37. The Morgan fingerprint density at radius 1 is 1.15 bits per heavy atom. The van der Waals surface area contributed by atoms with Crippen molar-refractivity contribution >= 4 is 23.2 Å². The normalized spacial score (nSPS) is 10.2. The lowest BCUT2D eigenvalue weighted by molar-refractivity contribution is -0.118. The van der Waals surface area contributed by atoms with Crippen molar-refractivity contribution in [1.29, 1.82) is 0 Å². The van der Waals surface area contributed by atoms with Crippen LogP contribution in [0.3, 0.4) is 0 Å². The summed E-state index contributed by atoms with van der Waals surface area (Å²) in [7, 11) is 0. The summed E-state index contributed by atoms with van der Waals surface area (Å²) in [6.07, 6.45) is 0. The molecule has 6 heteroatoms. The maximum absolute atomic E-state index is 13.0. The van der Waals surface area contributed by atoms with E-state index in [2.05, 4.69) is 5.32 Å². The minimum absolute atomic E-state index is 0.156. The maximum atomic E-state index is 13.0. The summed E-state index contributed by atoms with van der Waals surface area (Å²) in [4.78, 5) is 11.6. The van der Waals surface area contributed by atoms with Gasteiger partial charge in [0.2, 0.25) is 0 Å². The predicted molar refractivity (Wildman–Crippen MR) is 71.9 cm³/mol. The van der Waals surface area contributed by atoms with Crippen LogP contribution in [0.4, 0.5) is 14.5 Å². The molecule has 3 nitrogen and oxygen atoms in total. The van der Waals surface area contributed by atoms with Crippen LogP contribution < -0.4 is 10.1 Å². The molecular formula is C14H10ClF2NO2. The van der Waals surface area contributed by atoms with Crippen molar-refractivity contribution in [3.63, 3.8) is 0 Å². The SMILES string of the molecule is O=C(COc1cccc(Cl)c1)Nc1ccc(F)c(F)c1. The van der Waals surface area contributed by atoms with Gasteiger partial charge in [-0.25, -0.2) is 8.78 Å². The fourth-order valence-corrected chi connectivity index (χ4v) is 1.66.